The fraction of sp³-hybridized carbons (Fsp3) is 0.217. The van der Waals surface area contributed by atoms with Crippen LogP contribution in [0, 0.1) is 0 Å². The molecular formula is C23H21N3O5. The van der Waals surface area contributed by atoms with E-state index in [2.05, 4.69) is 15.2 Å². The fourth-order valence-corrected chi connectivity index (χ4v) is 3.17. The average Bonchev–Trinajstić information content (AvgIpc) is 3.58. The van der Waals surface area contributed by atoms with Gasteiger partial charge >= 0.3 is 11.9 Å². The molecule has 0 unspecified atom stereocenters. The van der Waals surface area contributed by atoms with E-state index in [9.17, 15) is 14.4 Å². The van der Waals surface area contributed by atoms with Crippen molar-refractivity contribution in [1.29, 1.82) is 0 Å². The van der Waals surface area contributed by atoms with Crippen LogP contribution < -0.4 is 5.32 Å². The number of nitrogens with zero attached hydrogens (tertiary/aromatic N) is 2. The van der Waals surface area contributed by atoms with Gasteiger partial charge in [0.1, 0.15) is 5.82 Å². The van der Waals surface area contributed by atoms with Crippen LogP contribution in [0.2, 0.25) is 0 Å². The lowest BCUT2D eigenvalue weighted by Gasteiger charge is -2.10. The van der Waals surface area contributed by atoms with E-state index in [1.165, 1.54) is 19.2 Å². The quantitative estimate of drug-likeness (QED) is 0.590. The van der Waals surface area contributed by atoms with Crippen LogP contribution in [0.5, 0.6) is 0 Å². The lowest BCUT2D eigenvalue weighted by Crippen LogP contribution is -2.23. The molecule has 0 bridgehead atoms. The average molecular weight is 419 g/mol. The molecule has 31 heavy (non-hydrogen) atoms. The van der Waals surface area contributed by atoms with Crippen LogP contribution in [0.3, 0.4) is 0 Å². The predicted octanol–water partition coefficient (Wildman–Crippen LogP) is 3.33. The zero-order valence-electron chi connectivity index (χ0n) is 16.9. The number of rotatable bonds is 7. The molecule has 0 atom stereocenters. The second kappa shape index (κ2) is 8.83. The van der Waals surface area contributed by atoms with E-state index in [0.29, 0.717) is 11.7 Å². The van der Waals surface area contributed by atoms with Crippen LogP contribution in [-0.2, 0) is 14.3 Å². The number of carbonyl (C=O) groups is 3. The standard InChI is InChI=1S/C23H21N3O5/c1-30-22(28)17-9-5-6-10-18(17)23(29)31-14-21(27)24-20-13-19(15-11-12-15)25-26(20)16-7-3-2-4-8-16/h2-10,13,15H,11-12,14H2,1H3,(H,24,27). The highest BCUT2D eigenvalue weighted by atomic mass is 16.5. The minimum absolute atomic E-state index is 0.0347. The van der Waals surface area contributed by atoms with E-state index in [1.54, 1.807) is 16.8 Å². The number of ether oxygens (including phenoxy) is 2. The van der Waals surface area contributed by atoms with Gasteiger partial charge < -0.3 is 14.8 Å². The third-order valence-electron chi connectivity index (χ3n) is 4.88. The minimum Gasteiger partial charge on any atom is -0.465 e. The fourth-order valence-electron chi connectivity index (χ4n) is 3.17. The van der Waals surface area contributed by atoms with E-state index in [-0.39, 0.29) is 11.1 Å². The maximum atomic E-state index is 12.5. The van der Waals surface area contributed by atoms with Crippen molar-refractivity contribution in [3.8, 4) is 5.69 Å². The summed E-state index contributed by atoms with van der Waals surface area (Å²) in [7, 11) is 1.23. The highest BCUT2D eigenvalue weighted by molar-refractivity contribution is 6.04. The molecule has 0 aliphatic heterocycles. The summed E-state index contributed by atoms with van der Waals surface area (Å²) in [6.07, 6.45) is 2.16. The summed E-state index contributed by atoms with van der Waals surface area (Å²) in [6, 6.07) is 17.4. The molecule has 4 rings (SSSR count). The molecule has 1 heterocycles. The number of esters is 2. The van der Waals surface area contributed by atoms with Gasteiger partial charge in [-0.15, -0.1) is 0 Å². The molecule has 8 nitrogen and oxygen atoms in total. The molecule has 3 aromatic rings. The molecule has 1 aromatic heterocycles. The van der Waals surface area contributed by atoms with Gasteiger partial charge in [0.2, 0.25) is 0 Å². The first kappa shape index (κ1) is 20.3. The smallest absolute Gasteiger partial charge is 0.339 e. The number of methoxy groups -OCH3 is 1. The highest BCUT2D eigenvalue weighted by Crippen LogP contribution is 2.40. The number of aromatic nitrogens is 2. The summed E-state index contributed by atoms with van der Waals surface area (Å²) < 4.78 is 11.5. The van der Waals surface area contributed by atoms with Gasteiger partial charge in [-0.2, -0.15) is 5.10 Å². The monoisotopic (exact) mass is 419 g/mol. The molecule has 1 fully saturated rings. The molecule has 1 saturated carbocycles. The Morgan fingerprint density at radius 3 is 2.29 bits per heavy atom. The summed E-state index contributed by atoms with van der Waals surface area (Å²) >= 11 is 0. The first-order valence-corrected chi connectivity index (χ1v) is 9.86. The molecular weight excluding hydrogens is 398 g/mol. The summed E-state index contributed by atoms with van der Waals surface area (Å²) in [5, 5.41) is 7.38. The summed E-state index contributed by atoms with van der Waals surface area (Å²) in [5.74, 6) is -1.04. The van der Waals surface area contributed by atoms with E-state index in [4.69, 9.17) is 4.74 Å². The molecule has 0 spiro atoms. The largest absolute Gasteiger partial charge is 0.465 e. The van der Waals surface area contributed by atoms with Crippen molar-refractivity contribution in [3.05, 3.63) is 77.5 Å². The van der Waals surface area contributed by atoms with Gasteiger partial charge in [-0.25, -0.2) is 14.3 Å². The number of para-hydroxylation sites is 1. The van der Waals surface area contributed by atoms with Crippen molar-refractivity contribution >= 4 is 23.7 Å². The molecule has 2 aromatic carbocycles. The summed E-state index contributed by atoms with van der Waals surface area (Å²) in [4.78, 5) is 36.7. The van der Waals surface area contributed by atoms with Crippen molar-refractivity contribution in [3.63, 3.8) is 0 Å². The number of hydrogen-bond donors (Lipinski definition) is 1. The Hall–Kier alpha value is -3.94. The highest BCUT2D eigenvalue weighted by Gasteiger charge is 2.28. The third kappa shape index (κ3) is 4.63. The van der Waals surface area contributed by atoms with Crippen LogP contribution in [0.4, 0.5) is 5.82 Å². The van der Waals surface area contributed by atoms with Gasteiger partial charge in [0, 0.05) is 12.0 Å². The Labute approximate surface area is 178 Å². The molecule has 158 valence electrons. The second-order valence-electron chi connectivity index (χ2n) is 7.14. The van der Waals surface area contributed by atoms with E-state index in [1.807, 2.05) is 36.4 Å². The Balaban J connectivity index is 1.45. The molecule has 1 aliphatic rings. The number of amides is 1. The van der Waals surface area contributed by atoms with Gasteiger partial charge in [-0.1, -0.05) is 30.3 Å². The van der Waals surface area contributed by atoms with Crippen LogP contribution >= 0.6 is 0 Å². The zero-order chi connectivity index (χ0) is 21.8. The summed E-state index contributed by atoms with van der Waals surface area (Å²) in [5.41, 5.74) is 1.84. The number of benzene rings is 2. The lowest BCUT2D eigenvalue weighted by atomic mass is 10.1. The van der Waals surface area contributed by atoms with Gasteiger partial charge in [0.05, 0.1) is 29.6 Å². The Kier molecular flexibility index (Phi) is 5.79. The maximum absolute atomic E-state index is 12.5. The van der Waals surface area contributed by atoms with Gasteiger partial charge in [-0.3, -0.25) is 4.79 Å². The number of hydrogen-bond acceptors (Lipinski definition) is 6. The van der Waals surface area contributed by atoms with Crippen molar-refractivity contribution in [2.75, 3.05) is 19.0 Å². The Bertz CT molecular complexity index is 1120. The van der Waals surface area contributed by atoms with Crippen molar-refractivity contribution in [1.82, 2.24) is 9.78 Å². The molecule has 8 heteroatoms. The van der Waals surface area contributed by atoms with E-state index < -0.39 is 24.5 Å². The van der Waals surface area contributed by atoms with Crippen LogP contribution in [0.1, 0.15) is 45.2 Å². The topological polar surface area (TPSA) is 99.5 Å². The van der Waals surface area contributed by atoms with Crippen LogP contribution in [0.15, 0.2) is 60.7 Å². The number of anilines is 1. The first-order valence-electron chi connectivity index (χ1n) is 9.86. The molecule has 0 radical (unpaired) electrons. The SMILES string of the molecule is COC(=O)c1ccccc1C(=O)OCC(=O)Nc1cc(C2CC2)nn1-c1ccccc1. The molecule has 1 aliphatic carbocycles. The van der Waals surface area contributed by atoms with Crippen molar-refractivity contribution in [2.45, 2.75) is 18.8 Å². The summed E-state index contributed by atoms with van der Waals surface area (Å²) in [6.45, 7) is -0.507. The maximum Gasteiger partial charge on any atom is 0.339 e. The Morgan fingerprint density at radius 2 is 1.65 bits per heavy atom. The van der Waals surface area contributed by atoms with Crippen molar-refractivity contribution < 1.29 is 23.9 Å². The predicted molar refractivity (Wildman–Crippen MR) is 112 cm³/mol. The van der Waals surface area contributed by atoms with Crippen LogP contribution in [-0.4, -0.2) is 41.3 Å². The van der Waals surface area contributed by atoms with Gasteiger partial charge in [-0.05, 0) is 37.1 Å². The van der Waals surface area contributed by atoms with Crippen LogP contribution in [0.25, 0.3) is 5.69 Å². The molecule has 1 amide bonds. The zero-order valence-corrected chi connectivity index (χ0v) is 16.9. The Morgan fingerprint density at radius 1 is 1.00 bits per heavy atom. The van der Waals surface area contributed by atoms with Gasteiger partial charge in [0.25, 0.3) is 5.91 Å². The number of nitrogens with one attached hydrogen (secondary N) is 1. The molecule has 1 N–H and O–H groups in total. The first-order chi connectivity index (χ1) is 15.1. The lowest BCUT2D eigenvalue weighted by molar-refractivity contribution is -0.119. The normalized spacial score (nSPS) is 12.8. The van der Waals surface area contributed by atoms with E-state index in [0.717, 1.165) is 24.2 Å². The minimum atomic E-state index is -0.786. The number of carbonyl (C=O) groups excluding carboxylic acids is 3. The van der Waals surface area contributed by atoms with Crippen molar-refractivity contribution in [2.24, 2.45) is 0 Å². The third-order valence-corrected chi connectivity index (χ3v) is 4.88. The second-order valence-corrected chi connectivity index (χ2v) is 7.14. The van der Waals surface area contributed by atoms with Gasteiger partial charge in [0.15, 0.2) is 6.61 Å². The van der Waals surface area contributed by atoms with E-state index >= 15 is 0 Å². The molecule has 0 saturated heterocycles.